The number of hydrogen-bond donors (Lipinski definition) is 2. The van der Waals surface area contributed by atoms with Crippen LogP contribution in [0, 0.1) is 11.6 Å². The molecule has 2 N–H and O–H groups in total. The van der Waals surface area contributed by atoms with Crippen molar-refractivity contribution in [1.29, 1.82) is 0 Å². The Labute approximate surface area is 360 Å². The van der Waals surface area contributed by atoms with E-state index in [1.165, 1.54) is 17.0 Å². The van der Waals surface area contributed by atoms with Gasteiger partial charge in [-0.2, -0.15) is 0 Å². The average Bonchev–Trinajstić information content (AvgIpc) is 3.92. The minimum atomic E-state index is -2.68. The van der Waals surface area contributed by atoms with Crippen LogP contribution in [0.25, 0.3) is 10.9 Å². The summed E-state index contributed by atoms with van der Waals surface area (Å²) in [6, 6.07) is 11.4. The highest BCUT2D eigenvalue weighted by molar-refractivity contribution is 6.23. The molecule has 13 nitrogen and oxygen atoms in total. The number of carbonyl (C=O) groups excluding carboxylic acids is 5. The lowest BCUT2D eigenvalue weighted by Crippen LogP contribution is -2.54. The predicted octanol–water partition coefficient (Wildman–Crippen LogP) is 4.58. The molecule has 6 aliphatic heterocycles. The number of para-hydroxylation sites is 1. The molecule has 3 fully saturated rings. The van der Waals surface area contributed by atoms with E-state index < -0.39 is 60.3 Å². The Morgan fingerprint density at radius 3 is 2.13 bits per heavy atom. The van der Waals surface area contributed by atoms with Crippen LogP contribution < -0.4 is 10.2 Å². The molecule has 6 aliphatic rings. The van der Waals surface area contributed by atoms with E-state index in [9.17, 15) is 32.8 Å². The number of nitrogens with one attached hydrogen (secondary N) is 2. The standard InChI is InChI=1S/C46H48F4N8O5/c1-25-16-31-30-4-2-3-5-36(30)51-42(31)43(57(25)23-38(49)50)41-34(47)19-29(20-35(41)48)54-10-8-28(9-11-54)55-14-12-53(13-15-55)24-40(60)56-21-26-17-32-33(18-27(26)22-56)46(63)58(45(32)62)37-6-7-39(59)52-44(37)61/h2-5,17-20,25,28,37-38,43,51H,6-16,21-24H2,1H3,(H,52,59,61)/t25-,37?,43-/m1/s1. The molecule has 3 aromatic carbocycles. The third kappa shape index (κ3) is 7.36. The maximum absolute atomic E-state index is 16.3. The number of piperazine rings is 1. The Kier molecular flexibility index (Phi) is 10.6. The number of aromatic amines is 1. The van der Waals surface area contributed by atoms with Crippen molar-refractivity contribution in [1.82, 2.24) is 34.8 Å². The van der Waals surface area contributed by atoms with Gasteiger partial charge in [0.05, 0.1) is 30.3 Å². The van der Waals surface area contributed by atoms with Gasteiger partial charge in [-0.05, 0) is 79.6 Å². The molecule has 3 saturated heterocycles. The number of hydrogen-bond acceptors (Lipinski definition) is 9. The third-order valence-electron chi connectivity index (χ3n) is 14.2. The summed E-state index contributed by atoms with van der Waals surface area (Å²) in [4.78, 5) is 78.3. The van der Waals surface area contributed by atoms with Crippen LogP contribution in [0.2, 0.25) is 0 Å². The summed E-state index contributed by atoms with van der Waals surface area (Å²) >= 11 is 0. The number of fused-ring (bicyclic) bond motifs is 5. The molecule has 0 saturated carbocycles. The van der Waals surface area contributed by atoms with Crippen molar-refractivity contribution < 1.29 is 41.5 Å². The number of alkyl halides is 2. The summed E-state index contributed by atoms with van der Waals surface area (Å²) in [5.41, 5.74) is 4.42. The molecule has 1 aromatic heterocycles. The first-order chi connectivity index (χ1) is 30.3. The van der Waals surface area contributed by atoms with Crippen molar-refractivity contribution in [3.05, 3.63) is 99.2 Å². The Bertz CT molecular complexity index is 2480. The first kappa shape index (κ1) is 41.4. The van der Waals surface area contributed by atoms with Gasteiger partial charge in [0, 0.05) is 98.7 Å². The molecule has 10 rings (SSSR count). The number of H-pyrrole nitrogens is 1. The SMILES string of the molecule is C[C@@H]1Cc2c([nH]c3ccccc23)[C@@H](c2c(F)cc(N3CCC(N4CCN(CC(=O)N5Cc6cc7c(cc6C5)C(=O)N(C5CCC(=O)NC5=O)C7=O)CC4)CC3)cc2F)N1CC(F)F. The Hall–Kier alpha value is -5.65. The van der Waals surface area contributed by atoms with Gasteiger partial charge in [0.25, 0.3) is 18.2 Å². The number of rotatable bonds is 8. The smallest absolute Gasteiger partial charge is 0.262 e. The van der Waals surface area contributed by atoms with Crippen LogP contribution in [0.1, 0.15) is 87.3 Å². The van der Waals surface area contributed by atoms with Gasteiger partial charge in [0.2, 0.25) is 17.7 Å². The highest BCUT2D eigenvalue weighted by atomic mass is 19.3. The van der Waals surface area contributed by atoms with Gasteiger partial charge in [-0.1, -0.05) is 18.2 Å². The van der Waals surface area contributed by atoms with Crippen LogP contribution in [-0.4, -0.2) is 136 Å². The van der Waals surface area contributed by atoms with Crippen LogP contribution in [0.4, 0.5) is 23.2 Å². The molecule has 1 unspecified atom stereocenters. The van der Waals surface area contributed by atoms with Crippen molar-refractivity contribution in [3.8, 4) is 0 Å². The van der Waals surface area contributed by atoms with E-state index in [1.807, 2.05) is 36.1 Å². The Morgan fingerprint density at radius 1 is 0.841 bits per heavy atom. The zero-order valence-electron chi connectivity index (χ0n) is 34.8. The molecule has 63 heavy (non-hydrogen) atoms. The molecule has 7 heterocycles. The normalized spacial score (nSPS) is 23.8. The number of imide groups is 2. The zero-order valence-corrected chi connectivity index (χ0v) is 34.8. The van der Waals surface area contributed by atoms with Crippen LogP contribution in [-0.2, 0) is 33.9 Å². The van der Waals surface area contributed by atoms with Gasteiger partial charge >= 0.3 is 0 Å². The summed E-state index contributed by atoms with van der Waals surface area (Å²) < 4.78 is 60.4. The molecule has 0 aliphatic carbocycles. The van der Waals surface area contributed by atoms with Crippen LogP contribution in [0.3, 0.4) is 0 Å². The van der Waals surface area contributed by atoms with Crippen molar-refractivity contribution in [2.45, 2.75) is 82.7 Å². The van der Waals surface area contributed by atoms with E-state index >= 15 is 8.78 Å². The molecule has 3 atom stereocenters. The maximum Gasteiger partial charge on any atom is 0.262 e. The van der Waals surface area contributed by atoms with E-state index in [-0.39, 0.29) is 54.1 Å². The first-order valence-corrected chi connectivity index (χ1v) is 21.8. The number of carbonyl (C=O) groups is 5. The van der Waals surface area contributed by atoms with E-state index in [1.54, 1.807) is 17.0 Å². The lowest BCUT2D eigenvalue weighted by Gasteiger charge is -2.43. The monoisotopic (exact) mass is 868 g/mol. The minimum Gasteiger partial charge on any atom is -0.371 e. The molecular weight excluding hydrogens is 821 g/mol. The largest absolute Gasteiger partial charge is 0.371 e. The first-order valence-electron chi connectivity index (χ1n) is 21.8. The van der Waals surface area contributed by atoms with Gasteiger partial charge in [-0.25, -0.2) is 17.6 Å². The summed E-state index contributed by atoms with van der Waals surface area (Å²) in [5.74, 6) is -3.81. The summed E-state index contributed by atoms with van der Waals surface area (Å²) in [7, 11) is 0. The molecule has 330 valence electrons. The quantitative estimate of drug-likeness (QED) is 0.193. The third-order valence-corrected chi connectivity index (χ3v) is 14.2. The second kappa shape index (κ2) is 16.2. The molecule has 0 radical (unpaired) electrons. The van der Waals surface area contributed by atoms with Crippen LogP contribution >= 0.6 is 0 Å². The molecular formula is C46H48F4N8O5. The molecule has 17 heteroatoms. The maximum atomic E-state index is 16.3. The summed E-state index contributed by atoms with van der Waals surface area (Å²) in [5, 5.41) is 3.13. The molecule has 4 aromatic rings. The van der Waals surface area contributed by atoms with Gasteiger partial charge in [0.1, 0.15) is 17.7 Å². The van der Waals surface area contributed by atoms with E-state index in [2.05, 4.69) is 20.1 Å². The number of amides is 5. The van der Waals surface area contributed by atoms with Crippen LogP contribution in [0.15, 0.2) is 48.5 Å². The Morgan fingerprint density at radius 2 is 1.49 bits per heavy atom. The van der Waals surface area contributed by atoms with Gasteiger partial charge < -0.3 is 14.8 Å². The molecule has 5 amide bonds. The topological polar surface area (TPSA) is 133 Å². The van der Waals surface area contributed by atoms with Gasteiger partial charge in [-0.3, -0.25) is 48.9 Å². The number of halogens is 4. The number of anilines is 1. The highest BCUT2D eigenvalue weighted by Gasteiger charge is 2.46. The van der Waals surface area contributed by atoms with Crippen molar-refractivity contribution in [2.75, 3.05) is 57.3 Å². The predicted molar refractivity (Wildman–Crippen MR) is 223 cm³/mol. The van der Waals surface area contributed by atoms with E-state index in [0.717, 1.165) is 58.4 Å². The fraction of sp³-hybridized carbons (Fsp3) is 0.457. The number of benzene rings is 3. The second-order valence-corrected chi connectivity index (χ2v) is 17.8. The average molecular weight is 869 g/mol. The summed E-state index contributed by atoms with van der Waals surface area (Å²) in [6.45, 7) is 6.16. The summed E-state index contributed by atoms with van der Waals surface area (Å²) in [6.07, 6.45) is -0.496. The van der Waals surface area contributed by atoms with Gasteiger partial charge in [0.15, 0.2) is 0 Å². The molecule has 0 bridgehead atoms. The number of aromatic nitrogens is 1. The van der Waals surface area contributed by atoms with E-state index in [4.69, 9.17) is 0 Å². The molecule has 0 spiro atoms. The van der Waals surface area contributed by atoms with Crippen molar-refractivity contribution in [2.24, 2.45) is 0 Å². The number of piperidine rings is 2. The fourth-order valence-electron chi connectivity index (χ4n) is 10.9. The van der Waals surface area contributed by atoms with Crippen LogP contribution in [0.5, 0.6) is 0 Å². The Balaban J connectivity index is 0.734. The van der Waals surface area contributed by atoms with E-state index in [0.29, 0.717) is 57.1 Å². The minimum absolute atomic E-state index is 0.0424. The highest BCUT2D eigenvalue weighted by Crippen LogP contribution is 2.44. The lowest BCUT2D eigenvalue weighted by atomic mass is 9.88. The lowest BCUT2D eigenvalue weighted by molar-refractivity contribution is -0.136. The number of nitrogens with zero attached hydrogens (tertiary/aromatic N) is 6. The zero-order chi connectivity index (χ0) is 43.8. The fourth-order valence-corrected chi connectivity index (χ4v) is 10.9. The second-order valence-electron chi connectivity index (χ2n) is 17.8. The van der Waals surface area contributed by atoms with Crippen molar-refractivity contribution >= 4 is 46.1 Å². The van der Waals surface area contributed by atoms with Crippen molar-refractivity contribution in [3.63, 3.8) is 0 Å². The van der Waals surface area contributed by atoms with Gasteiger partial charge in [-0.15, -0.1) is 0 Å².